The third kappa shape index (κ3) is 9.36. The van der Waals surface area contributed by atoms with Gasteiger partial charge in [0, 0.05) is 39.4 Å². The molecule has 172 valence electrons. The van der Waals surface area contributed by atoms with Gasteiger partial charge in [-0.25, -0.2) is 0 Å². The van der Waals surface area contributed by atoms with E-state index in [0.717, 1.165) is 57.3 Å². The molecular weight excluding hydrogens is 495 g/mol. The number of halogens is 1. The average Bonchev–Trinajstić information content (AvgIpc) is 3.29. The van der Waals surface area contributed by atoms with Crippen LogP contribution in [0.5, 0.6) is 5.75 Å². The number of methoxy groups -OCH3 is 2. The number of nitrogens with zero attached hydrogens (tertiary/aromatic N) is 2. The van der Waals surface area contributed by atoms with E-state index < -0.39 is 0 Å². The van der Waals surface area contributed by atoms with E-state index >= 15 is 0 Å². The van der Waals surface area contributed by atoms with Crippen LogP contribution in [0.25, 0.3) is 0 Å². The van der Waals surface area contributed by atoms with E-state index in [1.807, 2.05) is 19.2 Å². The molecule has 1 fully saturated rings. The zero-order valence-corrected chi connectivity index (χ0v) is 21.0. The lowest BCUT2D eigenvalue weighted by Crippen LogP contribution is -2.43. The molecule has 0 amide bonds. The molecular formula is C22H39IN4O3. The van der Waals surface area contributed by atoms with Gasteiger partial charge in [0.2, 0.25) is 0 Å². The van der Waals surface area contributed by atoms with Gasteiger partial charge in [0.1, 0.15) is 5.75 Å². The summed E-state index contributed by atoms with van der Waals surface area (Å²) in [4.78, 5) is 6.92. The van der Waals surface area contributed by atoms with Crippen LogP contribution in [0.4, 0.5) is 0 Å². The first-order chi connectivity index (χ1) is 14.3. The molecule has 1 aliphatic rings. The van der Waals surface area contributed by atoms with Crippen molar-refractivity contribution in [1.29, 1.82) is 0 Å². The summed E-state index contributed by atoms with van der Waals surface area (Å²) >= 11 is 0. The van der Waals surface area contributed by atoms with Crippen LogP contribution in [0.2, 0.25) is 0 Å². The van der Waals surface area contributed by atoms with E-state index in [1.54, 1.807) is 14.2 Å². The summed E-state index contributed by atoms with van der Waals surface area (Å²) in [6.45, 7) is 5.99. The fourth-order valence-electron chi connectivity index (χ4n) is 3.62. The Morgan fingerprint density at radius 3 is 2.53 bits per heavy atom. The van der Waals surface area contributed by atoms with Crippen LogP contribution in [0.1, 0.15) is 37.3 Å². The van der Waals surface area contributed by atoms with Gasteiger partial charge in [-0.2, -0.15) is 0 Å². The molecule has 0 aromatic heterocycles. The van der Waals surface area contributed by atoms with Crippen molar-refractivity contribution in [3.63, 3.8) is 0 Å². The summed E-state index contributed by atoms with van der Waals surface area (Å²) < 4.78 is 16.1. The third-order valence-electron chi connectivity index (χ3n) is 5.21. The van der Waals surface area contributed by atoms with Crippen LogP contribution in [-0.2, 0) is 9.47 Å². The number of likely N-dealkylation sites (tertiary alicyclic amines) is 1. The number of nitrogens with one attached hydrogen (secondary N) is 2. The first-order valence-electron chi connectivity index (χ1n) is 10.7. The van der Waals surface area contributed by atoms with Gasteiger partial charge >= 0.3 is 0 Å². The van der Waals surface area contributed by atoms with Crippen LogP contribution >= 0.6 is 24.0 Å². The highest BCUT2D eigenvalue weighted by molar-refractivity contribution is 14.0. The molecule has 1 unspecified atom stereocenters. The summed E-state index contributed by atoms with van der Waals surface area (Å²) in [5.74, 6) is 1.78. The highest BCUT2D eigenvalue weighted by atomic mass is 127. The Hall–Kier alpha value is -1.10. The van der Waals surface area contributed by atoms with Gasteiger partial charge in [-0.15, -0.1) is 24.0 Å². The normalized spacial score (nSPS) is 15.5. The fourth-order valence-corrected chi connectivity index (χ4v) is 3.62. The Bertz CT molecular complexity index is 598. The lowest BCUT2D eigenvalue weighted by molar-refractivity contribution is 0.0689. The Kier molecular flexibility index (Phi) is 14.9. The highest BCUT2D eigenvalue weighted by Crippen LogP contribution is 2.31. The molecule has 0 spiro atoms. The molecule has 0 saturated carbocycles. The molecule has 2 N–H and O–H groups in total. The van der Waals surface area contributed by atoms with E-state index in [-0.39, 0.29) is 30.0 Å². The van der Waals surface area contributed by atoms with Crippen molar-refractivity contribution < 1.29 is 14.2 Å². The second kappa shape index (κ2) is 16.6. The number of benzene rings is 1. The first-order valence-corrected chi connectivity index (χ1v) is 10.7. The van der Waals surface area contributed by atoms with Crippen molar-refractivity contribution in [3.05, 3.63) is 29.8 Å². The van der Waals surface area contributed by atoms with E-state index in [4.69, 9.17) is 14.2 Å². The number of ether oxygens (including phenoxy) is 3. The van der Waals surface area contributed by atoms with E-state index in [0.29, 0.717) is 13.2 Å². The predicted octanol–water partition coefficient (Wildman–Crippen LogP) is 3.06. The lowest BCUT2D eigenvalue weighted by Gasteiger charge is -2.30. The van der Waals surface area contributed by atoms with Gasteiger partial charge in [-0.3, -0.25) is 9.89 Å². The molecule has 1 heterocycles. The maximum atomic E-state index is 5.63. The molecule has 0 aliphatic carbocycles. The summed E-state index contributed by atoms with van der Waals surface area (Å²) in [7, 11) is 5.25. The van der Waals surface area contributed by atoms with E-state index in [9.17, 15) is 0 Å². The quantitative estimate of drug-likeness (QED) is 0.176. The number of hydrogen-bond donors (Lipinski definition) is 2. The van der Waals surface area contributed by atoms with Crippen molar-refractivity contribution in [2.24, 2.45) is 4.99 Å². The number of rotatable bonds is 13. The predicted molar refractivity (Wildman–Crippen MR) is 133 cm³/mol. The van der Waals surface area contributed by atoms with Crippen molar-refractivity contribution in [1.82, 2.24) is 15.5 Å². The molecule has 7 nitrogen and oxygen atoms in total. The average molecular weight is 534 g/mol. The summed E-state index contributed by atoms with van der Waals surface area (Å²) in [6.07, 6.45) is 4.57. The molecule has 1 aromatic carbocycles. The Morgan fingerprint density at radius 2 is 1.83 bits per heavy atom. The summed E-state index contributed by atoms with van der Waals surface area (Å²) in [5.41, 5.74) is 1.23. The van der Waals surface area contributed by atoms with Gasteiger partial charge in [0.05, 0.1) is 26.4 Å². The van der Waals surface area contributed by atoms with Crippen molar-refractivity contribution in [3.8, 4) is 5.75 Å². The lowest BCUT2D eigenvalue weighted by atomic mass is 10.0. The van der Waals surface area contributed by atoms with Crippen LogP contribution in [0, 0.1) is 0 Å². The fraction of sp³-hybridized carbons (Fsp3) is 0.682. The Morgan fingerprint density at radius 1 is 1.07 bits per heavy atom. The van der Waals surface area contributed by atoms with Crippen molar-refractivity contribution in [2.45, 2.75) is 31.7 Å². The Labute approximate surface area is 199 Å². The standard InChI is InChI=1S/C22H38N4O3.HI/c1-23-22(24-12-6-9-15-29-17-16-27-2)25-18-20(26-13-7-8-14-26)19-10-4-5-11-21(19)28-3;/h4-5,10-11,20H,6-9,12-18H2,1-3H3,(H2,23,24,25);1H. The summed E-state index contributed by atoms with van der Waals surface area (Å²) in [6, 6.07) is 8.59. The zero-order valence-electron chi connectivity index (χ0n) is 18.7. The summed E-state index contributed by atoms with van der Waals surface area (Å²) in [5, 5.41) is 6.92. The second-order valence-corrected chi connectivity index (χ2v) is 7.19. The topological polar surface area (TPSA) is 67.4 Å². The molecule has 1 saturated heterocycles. The second-order valence-electron chi connectivity index (χ2n) is 7.19. The van der Waals surface area contributed by atoms with Crippen LogP contribution in [-0.4, -0.2) is 78.1 Å². The van der Waals surface area contributed by atoms with Gasteiger partial charge < -0.3 is 24.8 Å². The van der Waals surface area contributed by atoms with Gasteiger partial charge in [0.15, 0.2) is 5.96 Å². The van der Waals surface area contributed by atoms with Crippen molar-refractivity contribution >= 4 is 29.9 Å². The number of guanidine groups is 1. The van der Waals surface area contributed by atoms with E-state index in [2.05, 4.69) is 32.7 Å². The number of aliphatic imine (C=N–C) groups is 1. The first kappa shape index (κ1) is 26.9. The third-order valence-corrected chi connectivity index (χ3v) is 5.21. The van der Waals surface area contributed by atoms with Crippen LogP contribution in [0.15, 0.2) is 29.3 Å². The van der Waals surface area contributed by atoms with Gasteiger partial charge in [-0.05, 0) is 44.8 Å². The molecule has 2 rings (SSSR count). The van der Waals surface area contributed by atoms with Crippen LogP contribution < -0.4 is 15.4 Å². The molecule has 0 bridgehead atoms. The zero-order chi connectivity index (χ0) is 20.7. The maximum Gasteiger partial charge on any atom is 0.191 e. The van der Waals surface area contributed by atoms with Crippen LogP contribution in [0.3, 0.4) is 0 Å². The monoisotopic (exact) mass is 534 g/mol. The minimum Gasteiger partial charge on any atom is -0.496 e. The van der Waals surface area contributed by atoms with E-state index in [1.165, 1.54) is 18.4 Å². The number of hydrogen-bond acceptors (Lipinski definition) is 5. The van der Waals surface area contributed by atoms with Gasteiger partial charge in [0.25, 0.3) is 0 Å². The number of unbranched alkanes of at least 4 members (excludes halogenated alkanes) is 1. The van der Waals surface area contributed by atoms with Crippen molar-refractivity contribution in [2.75, 3.05) is 67.3 Å². The molecule has 1 atom stereocenters. The smallest absolute Gasteiger partial charge is 0.191 e. The maximum absolute atomic E-state index is 5.63. The minimum absolute atomic E-state index is 0. The SMILES string of the molecule is CN=C(NCCCCOCCOC)NCC(c1ccccc1OC)N1CCCC1.I. The Balaban J connectivity index is 0.00000450. The highest BCUT2D eigenvalue weighted by Gasteiger charge is 2.25. The molecule has 1 aliphatic heterocycles. The molecule has 0 radical (unpaired) electrons. The molecule has 8 heteroatoms. The minimum atomic E-state index is 0. The van der Waals surface area contributed by atoms with Gasteiger partial charge in [-0.1, -0.05) is 18.2 Å². The molecule has 1 aromatic rings. The largest absolute Gasteiger partial charge is 0.496 e. The molecule has 30 heavy (non-hydrogen) atoms. The number of para-hydroxylation sites is 1.